The Bertz CT molecular complexity index is 997. The van der Waals surface area contributed by atoms with Gasteiger partial charge in [-0.1, -0.05) is 53.5 Å². The number of halogens is 2. The van der Waals surface area contributed by atoms with Crippen LogP contribution in [0, 0.1) is 0 Å². The molecule has 1 aromatic heterocycles. The summed E-state index contributed by atoms with van der Waals surface area (Å²) in [6.45, 7) is 0.908. The molecule has 0 bridgehead atoms. The highest BCUT2D eigenvalue weighted by molar-refractivity contribution is 6.33. The van der Waals surface area contributed by atoms with Gasteiger partial charge in [-0.15, -0.1) is 0 Å². The van der Waals surface area contributed by atoms with Crippen molar-refractivity contribution in [3.63, 3.8) is 0 Å². The second-order valence-electron chi connectivity index (χ2n) is 6.69. The first kappa shape index (κ1) is 19.9. The molecule has 1 unspecified atom stereocenters. The van der Waals surface area contributed by atoms with E-state index in [4.69, 9.17) is 27.9 Å². The monoisotopic (exact) mass is 426 g/mol. The molecule has 0 aliphatic carbocycles. The number of nitrogens with one attached hydrogen (secondary N) is 1. The van der Waals surface area contributed by atoms with Gasteiger partial charge in [-0.3, -0.25) is 15.0 Å². The summed E-state index contributed by atoms with van der Waals surface area (Å²) in [7, 11) is 0. The van der Waals surface area contributed by atoms with Crippen molar-refractivity contribution in [2.75, 3.05) is 11.6 Å². The first-order chi connectivity index (χ1) is 14.2. The predicted molar refractivity (Wildman–Crippen MR) is 116 cm³/mol. The number of hydrogen-bond acceptors (Lipinski definition) is 5. The van der Waals surface area contributed by atoms with Crippen molar-refractivity contribution in [2.24, 2.45) is 0 Å². The smallest absolute Gasteiger partial charge is 0.0757 e. The first-order valence-corrected chi connectivity index (χ1v) is 10.0. The molecule has 0 spiro atoms. The third-order valence-corrected chi connectivity index (χ3v) is 5.35. The van der Waals surface area contributed by atoms with Crippen LogP contribution in [0.3, 0.4) is 0 Å². The number of hydrogen-bond donors (Lipinski definition) is 1. The third-order valence-electron chi connectivity index (χ3n) is 4.66. The van der Waals surface area contributed by atoms with E-state index in [-0.39, 0.29) is 6.04 Å². The van der Waals surface area contributed by atoms with Crippen molar-refractivity contribution >= 4 is 28.9 Å². The van der Waals surface area contributed by atoms with E-state index in [9.17, 15) is 0 Å². The molecule has 0 fully saturated rings. The number of benzene rings is 2. The first-order valence-electron chi connectivity index (χ1n) is 9.27. The molecular weight excluding hydrogens is 407 g/mol. The maximum Gasteiger partial charge on any atom is 0.0757 e. The summed E-state index contributed by atoms with van der Waals surface area (Å²) >= 11 is 12.6. The molecule has 2 heterocycles. The lowest BCUT2D eigenvalue weighted by atomic mass is 10.1. The summed E-state index contributed by atoms with van der Waals surface area (Å²) in [5, 5.41) is 3.32. The molecule has 1 aliphatic rings. The molecule has 2 aromatic carbocycles. The summed E-state index contributed by atoms with van der Waals surface area (Å²) in [5.74, 6) is 0. The molecule has 0 saturated carbocycles. The lowest BCUT2D eigenvalue weighted by Gasteiger charge is -2.21. The summed E-state index contributed by atoms with van der Waals surface area (Å²) in [6.07, 6.45) is 7.88. The lowest BCUT2D eigenvalue weighted by Crippen LogP contribution is -2.38. The van der Waals surface area contributed by atoms with Crippen molar-refractivity contribution in [3.05, 3.63) is 100 Å². The molecule has 0 saturated heterocycles. The topological polar surface area (TPSA) is 50.3 Å². The molecule has 7 heteroatoms. The van der Waals surface area contributed by atoms with Gasteiger partial charge in [0.2, 0.25) is 0 Å². The molecule has 5 nitrogen and oxygen atoms in total. The fourth-order valence-corrected chi connectivity index (χ4v) is 3.60. The van der Waals surface area contributed by atoms with E-state index in [1.807, 2.05) is 59.7 Å². The molecular formula is C22H20Cl2N4O. The average molecular weight is 427 g/mol. The predicted octanol–water partition coefficient (Wildman–Crippen LogP) is 4.82. The van der Waals surface area contributed by atoms with Gasteiger partial charge in [0.15, 0.2) is 0 Å². The van der Waals surface area contributed by atoms with E-state index in [2.05, 4.69) is 15.4 Å². The Hall–Kier alpha value is -2.44. The zero-order chi connectivity index (χ0) is 20.1. The molecule has 0 amide bonds. The maximum atomic E-state index is 6.38. The van der Waals surface area contributed by atoms with E-state index >= 15 is 0 Å². The third kappa shape index (κ3) is 4.95. The van der Waals surface area contributed by atoms with Gasteiger partial charge in [-0.25, -0.2) is 5.43 Å². The number of ether oxygens (including phenoxy) is 1. The second-order valence-corrected chi connectivity index (χ2v) is 7.51. The number of para-hydroxylation sites is 1. The highest BCUT2D eigenvalue weighted by atomic mass is 35.5. The Morgan fingerprint density at radius 3 is 2.52 bits per heavy atom. The number of nitrogens with zero attached hydrogens (tertiary/aromatic N) is 3. The van der Waals surface area contributed by atoms with Crippen LogP contribution in [0.25, 0.3) is 0 Å². The highest BCUT2D eigenvalue weighted by Gasteiger charge is 2.26. The largest absolute Gasteiger partial charge is 0.372 e. The number of anilines is 1. The van der Waals surface area contributed by atoms with Crippen LogP contribution in [0.1, 0.15) is 11.3 Å². The molecule has 1 N–H and O–H groups in total. The SMILES string of the molecule is Clc1ccccc1COCC1=CN(c2ccccc2Cl)NC1Cc1cnccn1. The van der Waals surface area contributed by atoms with Crippen LogP contribution >= 0.6 is 23.2 Å². The Morgan fingerprint density at radius 2 is 1.76 bits per heavy atom. The number of hydrazine groups is 1. The van der Waals surface area contributed by atoms with E-state index in [0.29, 0.717) is 29.7 Å². The van der Waals surface area contributed by atoms with Crippen LogP contribution in [0.5, 0.6) is 0 Å². The highest BCUT2D eigenvalue weighted by Crippen LogP contribution is 2.29. The van der Waals surface area contributed by atoms with Crippen LogP contribution in [0.4, 0.5) is 5.69 Å². The van der Waals surface area contributed by atoms with E-state index < -0.39 is 0 Å². The van der Waals surface area contributed by atoms with Gasteiger partial charge in [-0.05, 0) is 29.3 Å². The summed E-state index contributed by atoms with van der Waals surface area (Å²) in [4.78, 5) is 8.56. The Kier molecular flexibility index (Phi) is 6.42. The molecule has 29 heavy (non-hydrogen) atoms. The molecule has 1 atom stereocenters. The van der Waals surface area contributed by atoms with Crippen LogP contribution < -0.4 is 10.4 Å². The summed E-state index contributed by atoms with van der Waals surface area (Å²) < 4.78 is 5.98. The van der Waals surface area contributed by atoms with Gasteiger partial charge >= 0.3 is 0 Å². The van der Waals surface area contributed by atoms with Crippen LogP contribution in [-0.2, 0) is 17.8 Å². The van der Waals surface area contributed by atoms with E-state index in [0.717, 1.165) is 22.5 Å². The van der Waals surface area contributed by atoms with Gasteiger partial charge in [0.25, 0.3) is 0 Å². The van der Waals surface area contributed by atoms with Crippen molar-refractivity contribution in [1.82, 2.24) is 15.4 Å². The quantitative estimate of drug-likeness (QED) is 0.586. The van der Waals surface area contributed by atoms with Crippen LogP contribution in [0.15, 0.2) is 78.9 Å². The summed E-state index contributed by atoms with van der Waals surface area (Å²) in [5.41, 5.74) is 7.35. The minimum atomic E-state index is 0.0224. The number of aromatic nitrogens is 2. The number of rotatable bonds is 7. The minimum absolute atomic E-state index is 0.0224. The van der Waals surface area contributed by atoms with Crippen LogP contribution in [-0.4, -0.2) is 22.6 Å². The maximum absolute atomic E-state index is 6.38. The summed E-state index contributed by atoms with van der Waals surface area (Å²) in [6, 6.07) is 15.4. The molecule has 1 aliphatic heterocycles. The molecule has 0 radical (unpaired) electrons. The minimum Gasteiger partial charge on any atom is -0.372 e. The van der Waals surface area contributed by atoms with Crippen molar-refractivity contribution in [2.45, 2.75) is 19.1 Å². The van der Waals surface area contributed by atoms with Crippen LogP contribution in [0.2, 0.25) is 10.0 Å². The van der Waals surface area contributed by atoms with Gasteiger partial charge < -0.3 is 4.74 Å². The normalized spacial score (nSPS) is 16.1. The standard InChI is InChI=1S/C22H20Cl2N4O/c23-19-6-2-1-5-16(19)14-29-15-17-13-28(22-8-4-3-7-20(22)24)27-21(17)11-18-12-25-9-10-26-18/h1-10,12-13,21,27H,11,14-15H2. The zero-order valence-corrected chi connectivity index (χ0v) is 17.1. The second kappa shape index (κ2) is 9.37. The van der Waals surface area contributed by atoms with Crippen molar-refractivity contribution in [1.29, 1.82) is 0 Å². The zero-order valence-electron chi connectivity index (χ0n) is 15.6. The Balaban J connectivity index is 1.50. The molecule has 3 aromatic rings. The lowest BCUT2D eigenvalue weighted by molar-refractivity contribution is 0.139. The Morgan fingerprint density at radius 1 is 0.966 bits per heavy atom. The van der Waals surface area contributed by atoms with E-state index in [1.165, 1.54) is 0 Å². The van der Waals surface area contributed by atoms with Gasteiger partial charge in [0.1, 0.15) is 0 Å². The van der Waals surface area contributed by atoms with Crippen molar-refractivity contribution in [3.8, 4) is 0 Å². The fraction of sp³-hybridized carbons (Fsp3) is 0.182. The van der Waals surface area contributed by atoms with Gasteiger partial charge in [0, 0.05) is 36.2 Å². The van der Waals surface area contributed by atoms with Gasteiger partial charge in [-0.2, -0.15) is 0 Å². The van der Waals surface area contributed by atoms with Crippen molar-refractivity contribution < 1.29 is 4.74 Å². The fourth-order valence-electron chi connectivity index (χ4n) is 3.18. The van der Waals surface area contributed by atoms with Gasteiger partial charge in [0.05, 0.1) is 35.7 Å². The average Bonchev–Trinajstić information content (AvgIpc) is 3.13. The van der Waals surface area contributed by atoms with E-state index in [1.54, 1.807) is 18.6 Å². The molecule has 4 rings (SSSR count). The Labute approximate surface area is 179 Å². The molecule has 148 valence electrons.